The van der Waals surface area contributed by atoms with Gasteiger partial charge in [0.25, 0.3) is 0 Å². The predicted octanol–water partition coefficient (Wildman–Crippen LogP) is 4.67. The molecule has 1 atom stereocenters. The van der Waals surface area contributed by atoms with Crippen LogP contribution in [-0.4, -0.2) is 22.6 Å². The topological polar surface area (TPSA) is 59.2 Å². The van der Waals surface area contributed by atoms with Crippen LogP contribution < -0.4 is 4.90 Å². The SMILES string of the molecule is Cc1ccc(-c2noc(C3CC(=O)N(c4cc(Cl)ccc4F)C3)n2)c(C)c1. The third kappa shape index (κ3) is 3.32. The molecule has 1 saturated heterocycles. The first-order valence-corrected chi connectivity index (χ1v) is 8.97. The molecule has 2 aromatic carbocycles. The third-order valence-corrected chi connectivity index (χ3v) is 4.97. The van der Waals surface area contributed by atoms with E-state index in [9.17, 15) is 9.18 Å². The Morgan fingerprint density at radius 3 is 2.81 bits per heavy atom. The van der Waals surface area contributed by atoms with E-state index in [-0.39, 0.29) is 30.5 Å². The minimum Gasteiger partial charge on any atom is -0.339 e. The second kappa shape index (κ2) is 6.78. The Balaban J connectivity index is 1.60. The molecule has 1 aliphatic rings. The van der Waals surface area contributed by atoms with Crippen molar-refractivity contribution in [1.29, 1.82) is 0 Å². The van der Waals surface area contributed by atoms with Crippen LogP contribution in [0.15, 0.2) is 40.9 Å². The number of aryl methyl sites for hydroxylation is 2. The van der Waals surface area contributed by atoms with Crippen molar-refractivity contribution in [1.82, 2.24) is 10.1 Å². The van der Waals surface area contributed by atoms with Gasteiger partial charge in [0.2, 0.25) is 17.6 Å². The Labute approximate surface area is 160 Å². The van der Waals surface area contributed by atoms with Gasteiger partial charge in [-0.2, -0.15) is 4.98 Å². The number of anilines is 1. The summed E-state index contributed by atoms with van der Waals surface area (Å²) in [5.74, 6) is -0.115. The Kier molecular flexibility index (Phi) is 4.44. The maximum Gasteiger partial charge on any atom is 0.232 e. The van der Waals surface area contributed by atoms with Crippen LogP contribution in [0.1, 0.15) is 29.4 Å². The molecule has 0 N–H and O–H groups in total. The van der Waals surface area contributed by atoms with E-state index in [2.05, 4.69) is 10.1 Å². The molecule has 4 rings (SSSR count). The number of carbonyl (C=O) groups excluding carboxylic acids is 1. The molecule has 1 unspecified atom stereocenters. The zero-order chi connectivity index (χ0) is 19.1. The Morgan fingerprint density at radius 1 is 1.22 bits per heavy atom. The number of aromatic nitrogens is 2. The van der Waals surface area contributed by atoms with Crippen LogP contribution in [-0.2, 0) is 4.79 Å². The molecule has 1 fully saturated rings. The molecule has 0 spiro atoms. The van der Waals surface area contributed by atoms with E-state index in [0.29, 0.717) is 16.7 Å². The number of rotatable bonds is 3. The molecular formula is C20H17ClFN3O2. The summed E-state index contributed by atoms with van der Waals surface area (Å²) in [5, 5.41) is 4.44. The first kappa shape index (κ1) is 17.7. The van der Waals surface area contributed by atoms with E-state index in [1.165, 1.54) is 23.1 Å². The highest BCUT2D eigenvalue weighted by molar-refractivity contribution is 6.31. The van der Waals surface area contributed by atoms with Gasteiger partial charge in [0.15, 0.2) is 0 Å². The van der Waals surface area contributed by atoms with Gasteiger partial charge in [-0.15, -0.1) is 0 Å². The smallest absolute Gasteiger partial charge is 0.232 e. The highest BCUT2D eigenvalue weighted by atomic mass is 35.5. The summed E-state index contributed by atoms with van der Waals surface area (Å²) < 4.78 is 19.5. The molecule has 1 aliphatic heterocycles. The molecule has 7 heteroatoms. The highest BCUT2D eigenvalue weighted by Gasteiger charge is 2.36. The van der Waals surface area contributed by atoms with Crippen LogP contribution >= 0.6 is 11.6 Å². The summed E-state index contributed by atoms with van der Waals surface area (Å²) >= 11 is 5.95. The molecule has 0 bridgehead atoms. The van der Waals surface area contributed by atoms with Crippen molar-refractivity contribution in [2.75, 3.05) is 11.4 Å². The number of benzene rings is 2. The number of halogens is 2. The molecular weight excluding hydrogens is 369 g/mol. The standard InChI is InChI=1S/C20H17ClFN3O2/c1-11-3-5-15(12(2)7-11)19-23-20(27-24-19)13-8-18(26)25(10-13)17-9-14(21)4-6-16(17)22/h3-7,9,13H,8,10H2,1-2H3. The molecule has 0 aliphatic carbocycles. The van der Waals surface area contributed by atoms with Crippen molar-refractivity contribution in [2.45, 2.75) is 26.2 Å². The molecule has 0 saturated carbocycles. The van der Waals surface area contributed by atoms with Crippen molar-refractivity contribution in [2.24, 2.45) is 0 Å². The number of carbonyl (C=O) groups is 1. The minimum absolute atomic E-state index is 0.170. The highest BCUT2D eigenvalue weighted by Crippen LogP contribution is 2.34. The lowest BCUT2D eigenvalue weighted by molar-refractivity contribution is -0.117. The van der Waals surface area contributed by atoms with Crippen molar-refractivity contribution >= 4 is 23.2 Å². The Bertz CT molecular complexity index is 1030. The average Bonchev–Trinajstić information content (AvgIpc) is 3.24. The van der Waals surface area contributed by atoms with Crippen LogP contribution in [0.3, 0.4) is 0 Å². The van der Waals surface area contributed by atoms with Gasteiger partial charge < -0.3 is 9.42 Å². The first-order chi connectivity index (χ1) is 12.9. The fraction of sp³-hybridized carbons (Fsp3) is 0.250. The zero-order valence-corrected chi connectivity index (χ0v) is 15.6. The third-order valence-electron chi connectivity index (χ3n) is 4.74. The molecule has 138 valence electrons. The van der Waals surface area contributed by atoms with Gasteiger partial charge in [0.1, 0.15) is 5.82 Å². The summed E-state index contributed by atoms with van der Waals surface area (Å²) in [7, 11) is 0. The Morgan fingerprint density at radius 2 is 2.04 bits per heavy atom. The number of hydrogen-bond donors (Lipinski definition) is 0. The number of amides is 1. The summed E-state index contributed by atoms with van der Waals surface area (Å²) in [6.07, 6.45) is 0.181. The summed E-state index contributed by atoms with van der Waals surface area (Å²) in [6.45, 7) is 4.28. The lowest BCUT2D eigenvalue weighted by Gasteiger charge is -2.17. The maximum absolute atomic E-state index is 14.1. The summed E-state index contributed by atoms with van der Waals surface area (Å²) in [6, 6.07) is 10.1. The van der Waals surface area contributed by atoms with Crippen LogP contribution in [0.4, 0.5) is 10.1 Å². The summed E-state index contributed by atoms with van der Waals surface area (Å²) in [5.41, 5.74) is 3.26. The minimum atomic E-state index is -0.491. The van der Waals surface area contributed by atoms with Crippen LogP contribution in [0, 0.1) is 19.7 Å². The monoisotopic (exact) mass is 385 g/mol. The van der Waals surface area contributed by atoms with Crippen LogP contribution in [0.2, 0.25) is 5.02 Å². The molecule has 2 heterocycles. The van der Waals surface area contributed by atoms with Crippen LogP contribution in [0.5, 0.6) is 0 Å². The molecule has 27 heavy (non-hydrogen) atoms. The van der Waals surface area contributed by atoms with Gasteiger partial charge in [-0.05, 0) is 37.6 Å². The number of hydrogen-bond acceptors (Lipinski definition) is 4. The van der Waals surface area contributed by atoms with E-state index in [4.69, 9.17) is 16.1 Å². The van der Waals surface area contributed by atoms with Crippen molar-refractivity contribution in [3.63, 3.8) is 0 Å². The quantitative estimate of drug-likeness (QED) is 0.657. The van der Waals surface area contributed by atoms with Gasteiger partial charge in [-0.25, -0.2) is 4.39 Å². The normalized spacial score (nSPS) is 17.0. The van der Waals surface area contributed by atoms with Crippen LogP contribution in [0.25, 0.3) is 11.4 Å². The Hall–Kier alpha value is -2.73. The van der Waals surface area contributed by atoms with Gasteiger partial charge in [0.05, 0.1) is 11.6 Å². The molecule has 3 aromatic rings. The van der Waals surface area contributed by atoms with Gasteiger partial charge in [-0.1, -0.05) is 40.5 Å². The van der Waals surface area contributed by atoms with Crippen molar-refractivity contribution in [3.8, 4) is 11.4 Å². The molecule has 5 nitrogen and oxygen atoms in total. The lowest BCUT2D eigenvalue weighted by Crippen LogP contribution is -2.25. The van der Waals surface area contributed by atoms with E-state index < -0.39 is 5.82 Å². The van der Waals surface area contributed by atoms with Gasteiger partial charge in [0, 0.05) is 23.6 Å². The molecule has 0 radical (unpaired) electrons. The van der Waals surface area contributed by atoms with Gasteiger partial charge in [-0.3, -0.25) is 4.79 Å². The lowest BCUT2D eigenvalue weighted by atomic mass is 10.1. The molecule has 1 aromatic heterocycles. The first-order valence-electron chi connectivity index (χ1n) is 8.59. The van der Waals surface area contributed by atoms with Crippen molar-refractivity contribution in [3.05, 3.63) is 64.3 Å². The fourth-order valence-corrected chi connectivity index (χ4v) is 3.54. The largest absolute Gasteiger partial charge is 0.339 e. The second-order valence-electron chi connectivity index (χ2n) is 6.78. The summed E-state index contributed by atoms with van der Waals surface area (Å²) in [4.78, 5) is 18.3. The van der Waals surface area contributed by atoms with Gasteiger partial charge >= 0.3 is 0 Å². The van der Waals surface area contributed by atoms with Crippen molar-refractivity contribution < 1.29 is 13.7 Å². The van der Waals surface area contributed by atoms with E-state index >= 15 is 0 Å². The zero-order valence-electron chi connectivity index (χ0n) is 14.9. The van der Waals surface area contributed by atoms with E-state index in [1.54, 1.807) is 0 Å². The fourth-order valence-electron chi connectivity index (χ4n) is 3.37. The predicted molar refractivity (Wildman–Crippen MR) is 100 cm³/mol. The maximum atomic E-state index is 14.1. The number of nitrogens with zero attached hydrogens (tertiary/aromatic N) is 3. The van der Waals surface area contributed by atoms with E-state index in [0.717, 1.165) is 16.7 Å². The average molecular weight is 386 g/mol. The second-order valence-corrected chi connectivity index (χ2v) is 7.21. The van der Waals surface area contributed by atoms with E-state index in [1.807, 2.05) is 32.0 Å². The molecule has 1 amide bonds.